The zero-order chi connectivity index (χ0) is 11.1. The van der Waals surface area contributed by atoms with Gasteiger partial charge in [-0.1, -0.05) is 34.1 Å². The first-order valence-corrected chi connectivity index (χ1v) is 6.70. The van der Waals surface area contributed by atoms with Crippen molar-refractivity contribution in [1.82, 2.24) is 5.32 Å². The van der Waals surface area contributed by atoms with Crippen molar-refractivity contribution in [1.29, 1.82) is 0 Å². The van der Waals surface area contributed by atoms with Crippen LogP contribution in [-0.2, 0) is 0 Å². The van der Waals surface area contributed by atoms with Crippen LogP contribution < -0.4 is 5.32 Å². The van der Waals surface area contributed by atoms with Crippen LogP contribution >= 0.6 is 0 Å². The molecule has 0 radical (unpaired) electrons. The highest BCUT2D eigenvalue weighted by Gasteiger charge is 2.51. The molecule has 1 nitrogen and oxygen atoms in total. The Labute approximate surface area is 95.0 Å². The molecule has 1 heteroatoms. The third kappa shape index (κ3) is 1.73. The van der Waals surface area contributed by atoms with Gasteiger partial charge in [-0.25, -0.2) is 0 Å². The third-order valence-electron chi connectivity index (χ3n) is 5.22. The molecule has 0 spiro atoms. The van der Waals surface area contributed by atoms with E-state index in [-0.39, 0.29) is 0 Å². The molecule has 1 aliphatic carbocycles. The number of hydrogen-bond acceptors (Lipinski definition) is 1. The van der Waals surface area contributed by atoms with E-state index in [0.717, 1.165) is 11.8 Å². The minimum atomic E-state index is 0.458. The fourth-order valence-corrected chi connectivity index (χ4v) is 4.17. The summed E-state index contributed by atoms with van der Waals surface area (Å²) in [4.78, 5) is 0. The Morgan fingerprint density at radius 2 is 2.00 bits per heavy atom. The molecule has 2 fully saturated rings. The number of piperidine rings is 1. The smallest absolute Gasteiger partial charge is 0.00157 e. The molecule has 1 N–H and O–H groups in total. The lowest BCUT2D eigenvalue weighted by atomic mass is 9.50. The number of nitrogens with one attached hydrogen (secondary N) is 1. The van der Waals surface area contributed by atoms with Crippen molar-refractivity contribution in [3.8, 4) is 0 Å². The van der Waals surface area contributed by atoms with Gasteiger partial charge in [0.15, 0.2) is 0 Å². The molecule has 0 aromatic carbocycles. The Hall–Kier alpha value is -0.0400. The number of fused-ring (bicyclic) bond motifs is 2. The first-order chi connectivity index (χ1) is 6.99. The first kappa shape index (κ1) is 11.4. The van der Waals surface area contributed by atoms with Crippen LogP contribution in [0, 0.1) is 22.7 Å². The highest BCUT2D eigenvalue weighted by molar-refractivity contribution is 5.03. The van der Waals surface area contributed by atoms with Crippen LogP contribution in [0.5, 0.6) is 0 Å². The second kappa shape index (κ2) is 3.76. The van der Waals surface area contributed by atoms with E-state index >= 15 is 0 Å². The molecular formula is C14H27N. The maximum absolute atomic E-state index is 3.70. The van der Waals surface area contributed by atoms with Crippen LogP contribution in [0.2, 0.25) is 0 Å². The molecule has 0 aromatic rings. The molecule has 3 unspecified atom stereocenters. The summed E-state index contributed by atoms with van der Waals surface area (Å²) in [6.07, 6.45) is 5.77. The number of hydrogen-bond donors (Lipinski definition) is 1. The van der Waals surface area contributed by atoms with Crippen LogP contribution in [0.15, 0.2) is 0 Å². The summed E-state index contributed by atoms with van der Waals surface area (Å²) in [6, 6.07) is 0. The highest BCUT2D eigenvalue weighted by atomic mass is 14.9. The molecule has 1 heterocycles. The van der Waals surface area contributed by atoms with Gasteiger partial charge in [0.25, 0.3) is 0 Å². The molecule has 1 saturated carbocycles. The Morgan fingerprint density at radius 1 is 1.27 bits per heavy atom. The average Bonchev–Trinajstić information content (AvgIpc) is 2.17. The van der Waals surface area contributed by atoms with Gasteiger partial charge in [-0.15, -0.1) is 0 Å². The van der Waals surface area contributed by atoms with Gasteiger partial charge in [-0.05, 0) is 48.5 Å². The van der Waals surface area contributed by atoms with Gasteiger partial charge in [-0.2, -0.15) is 0 Å². The SMILES string of the molecule is CCC1CCC2CNCC1(C(C)(C)C)C2. The monoisotopic (exact) mass is 209 g/mol. The Morgan fingerprint density at radius 3 is 2.60 bits per heavy atom. The fourth-order valence-electron chi connectivity index (χ4n) is 4.17. The van der Waals surface area contributed by atoms with E-state index in [9.17, 15) is 0 Å². The van der Waals surface area contributed by atoms with Crippen molar-refractivity contribution in [3.63, 3.8) is 0 Å². The lowest BCUT2D eigenvalue weighted by molar-refractivity contribution is -0.0636. The molecule has 1 saturated heterocycles. The van der Waals surface area contributed by atoms with E-state index < -0.39 is 0 Å². The molecule has 1 aliphatic heterocycles. The average molecular weight is 209 g/mol. The summed E-state index contributed by atoms with van der Waals surface area (Å²) in [5, 5.41) is 3.70. The minimum absolute atomic E-state index is 0.458. The van der Waals surface area contributed by atoms with Gasteiger partial charge in [0.1, 0.15) is 0 Å². The van der Waals surface area contributed by atoms with Crippen molar-refractivity contribution in [3.05, 3.63) is 0 Å². The van der Waals surface area contributed by atoms with E-state index in [1.165, 1.54) is 38.8 Å². The maximum atomic E-state index is 3.70. The second-order valence-electron chi connectivity index (χ2n) is 6.79. The Kier molecular flexibility index (Phi) is 2.87. The van der Waals surface area contributed by atoms with Crippen LogP contribution in [0.25, 0.3) is 0 Å². The first-order valence-electron chi connectivity index (χ1n) is 6.70. The summed E-state index contributed by atoms with van der Waals surface area (Å²) in [6.45, 7) is 12.3. The predicted molar refractivity (Wildman–Crippen MR) is 65.9 cm³/mol. The Bertz CT molecular complexity index is 228. The summed E-state index contributed by atoms with van der Waals surface area (Å²) in [5.74, 6) is 1.90. The zero-order valence-corrected chi connectivity index (χ0v) is 10.9. The molecule has 2 bridgehead atoms. The molecule has 15 heavy (non-hydrogen) atoms. The molecule has 2 rings (SSSR count). The lowest BCUT2D eigenvalue weighted by Gasteiger charge is -2.57. The van der Waals surface area contributed by atoms with Crippen molar-refractivity contribution >= 4 is 0 Å². The van der Waals surface area contributed by atoms with Gasteiger partial charge in [0.05, 0.1) is 0 Å². The van der Waals surface area contributed by atoms with E-state index in [1.807, 2.05) is 0 Å². The lowest BCUT2D eigenvalue weighted by Crippen LogP contribution is -2.57. The topological polar surface area (TPSA) is 12.0 Å². The van der Waals surface area contributed by atoms with Gasteiger partial charge < -0.3 is 5.32 Å². The van der Waals surface area contributed by atoms with E-state index in [0.29, 0.717) is 10.8 Å². The third-order valence-corrected chi connectivity index (χ3v) is 5.22. The van der Waals surface area contributed by atoms with Crippen LogP contribution in [0.1, 0.15) is 53.4 Å². The van der Waals surface area contributed by atoms with Crippen molar-refractivity contribution in [2.24, 2.45) is 22.7 Å². The van der Waals surface area contributed by atoms with Crippen molar-refractivity contribution < 1.29 is 0 Å². The maximum Gasteiger partial charge on any atom is 0.00157 e. The summed E-state index contributed by atoms with van der Waals surface area (Å²) in [5.41, 5.74) is 1.03. The van der Waals surface area contributed by atoms with Crippen LogP contribution in [-0.4, -0.2) is 13.1 Å². The van der Waals surface area contributed by atoms with Gasteiger partial charge in [0.2, 0.25) is 0 Å². The molecule has 3 atom stereocenters. The second-order valence-corrected chi connectivity index (χ2v) is 6.79. The largest absolute Gasteiger partial charge is 0.316 e. The fraction of sp³-hybridized carbons (Fsp3) is 1.00. The molecule has 2 aliphatic rings. The summed E-state index contributed by atoms with van der Waals surface area (Å²) >= 11 is 0. The van der Waals surface area contributed by atoms with E-state index in [1.54, 1.807) is 0 Å². The highest BCUT2D eigenvalue weighted by Crippen LogP contribution is 2.56. The van der Waals surface area contributed by atoms with E-state index in [4.69, 9.17) is 0 Å². The van der Waals surface area contributed by atoms with E-state index in [2.05, 4.69) is 33.0 Å². The molecule has 88 valence electrons. The molecular weight excluding hydrogens is 182 g/mol. The summed E-state index contributed by atoms with van der Waals surface area (Å²) in [7, 11) is 0. The number of rotatable bonds is 1. The zero-order valence-electron chi connectivity index (χ0n) is 10.9. The molecule has 0 amide bonds. The van der Waals surface area contributed by atoms with Crippen LogP contribution in [0.3, 0.4) is 0 Å². The van der Waals surface area contributed by atoms with Gasteiger partial charge in [-0.3, -0.25) is 0 Å². The predicted octanol–water partition coefficient (Wildman–Crippen LogP) is 3.45. The van der Waals surface area contributed by atoms with Crippen molar-refractivity contribution in [2.75, 3.05) is 13.1 Å². The standard InChI is InChI=1S/C14H27N/c1-5-12-7-6-11-8-14(12,10-15-9-11)13(2,3)4/h11-12,15H,5-10H2,1-4H3. The Balaban J connectivity index is 2.29. The minimum Gasteiger partial charge on any atom is -0.316 e. The van der Waals surface area contributed by atoms with Gasteiger partial charge >= 0.3 is 0 Å². The van der Waals surface area contributed by atoms with Gasteiger partial charge in [0, 0.05) is 6.54 Å². The van der Waals surface area contributed by atoms with Crippen molar-refractivity contribution in [2.45, 2.75) is 53.4 Å². The van der Waals surface area contributed by atoms with Crippen LogP contribution in [0.4, 0.5) is 0 Å². The molecule has 0 aromatic heterocycles. The quantitative estimate of drug-likeness (QED) is 0.697. The normalized spacial score (nSPS) is 41.6. The summed E-state index contributed by atoms with van der Waals surface area (Å²) < 4.78 is 0.